The Labute approximate surface area is 92.4 Å². The molecule has 0 aromatic heterocycles. The number of hydrogen-bond donors (Lipinski definition) is 2. The van der Waals surface area contributed by atoms with Crippen LogP contribution in [0.2, 0.25) is 0 Å². The van der Waals surface area contributed by atoms with Crippen molar-refractivity contribution in [1.29, 1.82) is 0 Å². The van der Waals surface area contributed by atoms with Crippen LogP contribution in [-0.2, 0) is 4.79 Å². The summed E-state index contributed by atoms with van der Waals surface area (Å²) in [5, 5.41) is 6.04. The molecular formula is C11H23N3O. The number of rotatable bonds is 6. The van der Waals surface area contributed by atoms with Crippen LogP contribution in [0.3, 0.4) is 0 Å². The van der Waals surface area contributed by atoms with E-state index in [1.165, 1.54) is 6.42 Å². The molecule has 1 atom stereocenters. The van der Waals surface area contributed by atoms with Crippen molar-refractivity contribution in [3.05, 3.63) is 0 Å². The second-order valence-corrected chi connectivity index (χ2v) is 4.22. The van der Waals surface area contributed by atoms with Crippen LogP contribution < -0.4 is 10.6 Å². The van der Waals surface area contributed by atoms with Crippen molar-refractivity contribution in [2.24, 2.45) is 5.92 Å². The van der Waals surface area contributed by atoms with Gasteiger partial charge < -0.3 is 15.5 Å². The number of carbonyl (C=O) groups excluding carboxylic acids is 1. The zero-order valence-corrected chi connectivity index (χ0v) is 9.88. The first kappa shape index (κ1) is 12.5. The standard InChI is InChI=1S/C11H23N3O/c1-3-13-11(15)5-7-14-6-4-10(9-14)8-12-2/h10,12H,3-9H2,1-2H3,(H,13,15). The summed E-state index contributed by atoms with van der Waals surface area (Å²) in [6.07, 6.45) is 1.90. The first-order chi connectivity index (χ1) is 7.26. The number of amides is 1. The molecule has 15 heavy (non-hydrogen) atoms. The highest BCUT2D eigenvalue weighted by Gasteiger charge is 2.21. The fourth-order valence-corrected chi connectivity index (χ4v) is 2.12. The van der Waals surface area contributed by atoms with Crippen molar-refractivity contribution in [3.8, 4) is 0 Å². The minimum atomic E-state index is 0.176. The Hall–Kier alpha value is -0.610. The summed E-state index contributed by atoms with van der Waals surface area (Å²) < 4.78 is 0. The summed E-state index contributed by atoms with van der Waals surface area (Å²) in [7, 11) is 2.00. The number of hydrogen-bond acceptors (Lipinski definition) is 3. The van der Waals surface area contributed by atoms with Crippen molar-refractivity contribution >= 4 is 5.91 Å². The van der Waals surface area contributed by atoms with E-state index in [1.54, 1.807) is 0 Å². The van der Waals surface area contributed by atoms with E-state index >= 15 is 0 Å². The summed E-state index contributed by atoms with van der Waals surface area (Å²) in [6, 6.07) is 0. The number of nitrogens with zero attached hydrogens (tertiary/aromatic N) is 1. The molecule has 0 bridgehead atoms. The van der Waals surface area contributed by atoms with Gasteiger partial charge in [-0.25, -0.2) is 0 Å². The molecular weight excluding hydrogens is 190 g/mol. The van der Waals surface area contributed by atoms with Crippen LogP contribution in [0, 0.1) is 5.92 Å². The third-order valence-corrected chi connectivity index (χ3v) is 2.89. The van der Waals surface area contributed by atoms with Gasteiger partial charge in [0.1, 0.15) is 0 Å². The van der Waals surface area contributed by atoms with Crippen molar-refractivity contribution in [2.75, 3.05) is 39.8 Å². The molecule has 1 fully saturated rings. The van der Waals surface area contributed by atoms with Gasteiger partial charge in [0.25, 0.3) is 0 Å². The van der Waals surface area contributed by atoms with Crippen LogP contribution in [0.1, 0.15) is 19.8 Å². The van der Waals surface area contributed by atoms with E-state index in [0.29, 0.717) is 6.42 Å². The summed E-state index contributed by atoms with van der Waals surface area (Å²) in [6.45, 7) is 6.98. The number of nitrogens with one attached hydrogen (secondary N) is 2. The molecule has 1 unspecified atom stereocenters. The van der Waals surface area contributed by atoms with Gasteiger partial charge in [0.2, 0.25) is 5.91 Å². The zero-order valence-electron chi connectivity index (χ0n) is 9.88. The SMILES string of the molecule is CCNC(=O)CCN1CCC(CNC)C1. The molecule has 1 aliphatic rings. The van der Waals surface area contributed by atoms with Crippen molar-refractivity contribution in [3.63, 3.8) is 0 Å². The summed E-state index contributed by atoms with van der Waals surface area (Å²) in [4.78, 5) is 13.6. The maximum absolute atomic E-state index is 11.3. The van der Waals surface area contributed by atoms with Gasteiger partial charge in [0.15, 0.2) is 0 Å². The third kappa shape index (κ3) is 4.62. The average Bonchev–Trinajstić information content (AvgIpc) is 2.64. The van der Waals surface area contributed by atoms with Gasteiger partial charge in [0.05, 0.1) is 0 Å². The molecule has 0 aromatic rings. The molecule has 1 rings (SSSR count). The van der Waals surface area contributed by atoms with Crippen LogP contribution in [0.15, 0.2) is 0 Å². The normalized spacial score (nSPS) is 21.9. The molecule has 0 aromatic carbocycles. The van der Waals surface area contributed by atoms with Crippen LogP contribution >= 0.6 is 0 Å². The van der Waals surface area contributed by atoms with Crippen LogP contribution in [-0.4, -0.2) is 50.6 Å². The smallest absolute Gasteiger partial charge is 0.221 e. The Morgan fingerprint density at radius 2 is 2.33 bits per heavy atom. The zero-order chi connectivity index (χ0) is 11.1. The van der Waals surface area contributed by atoms with Gasteiger partial charge in [-0.3, -0.25) is 4.79 Å². The third-order valence-electron chi connectivity index (χ3n) is 2.89. The average molecular weight is 213 g/mol. The van der Waals surface area contributed by atoms with Gasteiger partial charge in [-0.1, -0.05) is 0 Å². The lowest BCUT2D eigenvalue weighted by Gasteiger charge is -2.15. The molecule has 2 N–H and O–H groups in total. The predicted octanol–water partition coefficient (Wildman–Crippen LogP) is 0.0539. The molecule has 0 aliphatic carbocycles. The molecule has 0 saturated carbocycles. The summed E-state index contributed by atoms with van der Waals surface area (Å²) in [5.41, 5.74) is 0. The van der Waals surface area contributed by atoms with Crippen LogP contribution in [0.4, 0.5) is 0 Å². The maximum atomic E-state index is 11.3. The Balaban J connectivity index is 2.10. The van der Waals surface area contributed by atoms with E-state index in [4.69, 9.17) is 0 Å². The van der Waals surface area contributed by atoms with Gasteiger partial charge in [-0.05, 0) is 39.4 Å². The van der Waals surface area contributed by atoms with Gasteiger partial charge in [-0.15, -0.1) is 0 Å². The molecule has 4 heteroatoms. The Morgan fingerprint density at radius 3 is 3.00 bits per heavy atom. The second kappa shape index (κ2) is 6.80. The summed E-state index contributed by atoms with van der Waals surface area (Å²) in [5.74, 6) is 0.943. The lowest BCUT2D eigenvalue weighted by atomic mass is 10.1. The first-order valence-corrected chi connectivity index (χ1v) is 5.90. The minimum absolute atomic E-state index is 0.176. The topological polar surface area (TPSA) is 44.4 Å². The molecule has 1 saturated heterocycles. The van der Waals surface area contributed by atoms with Gasteiger partial charge >= 0.3 is 0 Å². The lowest BCUT2D eigenvalue weighted by molar-refractivity contribution is -0.121. The fraction of sp³-hybridized carbons (Fsp3) is 0.909. The molecule has 1 amide bonds. The molecule has 1 aliphatic heterocycles. The maximum Gasteiger partial charge on any atom is 0.221 e. The van der Waals surface area contributed by atoms with E-state index in [9.17, 15) is 4.79 Å². The van der Waals surface area contributed by atoms with Gasteiger partial charge in [0, 0.05) is 26.1 Å². The van der Waals surface area contributed by atoms with E-state index in [-0.39, 0.29) is 5.91 Å². The minimum Gasteiger partial charge on any atom is -0.356 e. The van der Waals surface area contributed by atoms with Crippen molar-refractivity contribution < 1.29 is 4.79 Å². The number of carbonyl (C=O) groups is 1. The van der Waals surface area contributed by atoms with E-state index in [1.807, 2.05) is 14.0 Å². The Bertz CT molecular complexity index is 196. The van der Waals surface area contributed by atoms with Crippen molar-refractivity contribution in [1.82, 2.24) is 15.5 Å². The Morgan fingerprint density at radius 1 is 1.53 bits per heavy atom. The molecule has 1 heterocycles. The highest BCUT2D eigenvalue weighted by atomic mass is 16.1. The van der Waals surface area contributed by atoms with E-state index in [0.717, 1.165) is 38.6 Å². The first-order valence-electron chi connectivity index (χ1n) is 5.90. The lowest BCUT2D eigenvalue weighted by Crippen LogP contribution is -2.30. The molecule has 0 radical (unpaired) electrons. The van der Waals surface area contributed by atoms with Gasteiger partial charge in [-0.2, -0.15) is 0 Å². The quantitative estimate of drug-likeness (QED) is 0.655. The number of likely N-dealkylation sites (tertiary alicyclic amines) is 1. The molecule has 88 valence electrons. The van der Waals surface area contributed by atoms with Crippen LogP contribution in [0.25, 0.3) is 0 Å². The van der Waals surface area contributed by atoms with E-state index < -0.39 is 0 Å². The van der Waals surface area contributed by atoms with Crippen LogP contribution in [0.5, 0.6) is 0 Å². The second-order valence-electron chi connectivity index (χ2n) is 4.22. The van der Waals surface area contributed by atoms with Crippen molar-refractivity contribution in [2.45, 2.75) is 19.8 Å². The monoisotopic (exact) mass is 213 g/mol. The summed E-state index contributed by atoms with van der Waals surface area (Å²) >= 11 is 0. The highest BCUT2D eigenvalue weighted by molar-refractivity contribution is 5.75. The highest BCUT2D eigenvalue weighted by Crippen LogP contribution is 2.14. The molecule has 0 spiro atoms. The molecule has 4 nitrogen and oxygen atoms in total. The van der Waals surface area contributed by atoms with E-state index in [2.05, 4.69) is 15.5 Å². The fourth-order valence-electron chi connectivity index (χ4n) is 2.12. The predicted molar refractivity (Wildman–Crippen MR) is 61.8 cm³/mol. The Kier molecular flexibility index (Phi) is 5.65. The largest absolute Gasteiger partial charge is 0.356 e.